The van der Waals surface area contributed by atoms with E-state index in [1.807, 2.05) is 24.1 Å². The van der Waals surface area contributed by atoms with Crippen LogP contribution < -0.4 is 0 Å². The zero-order valence-electron chi connectivity index (χ0n) is 22.7. The van der Waals surface area contributed by atoms with Gasteiger partial charge < -0.3 is 4.79 Å². The van der Waals surface area contributed by atoms with E-state index in [4.69, 9.17) is 0 Å². The number of carbonyl (C=O) groups is 2. The van der Waals surface area contributed by atoms with Crippen LogP contribution in [0.1, 0.15) is 93.5 Å². The first kappa shape index (κ1) is 35.4. The van der Waals surface area contributed by atoms with Crippen molar-refractivity contribution in [3.8, 4) is 0 Å². The SMILES string of the molecule is CCCC(C=O)N(C)Cc1c(C=O)cccc1SCCCCCCCCCSCCCC(F)(P)C(F)(F)F. The molecule has 10 heteroatoms. The van der Waals surface area contributed by atoms with Crippen LogP contribution in [-0.4, -0.2) is 59.4 Å². The highest BCUT2D eigenvalue weighted by Crippen LogP contribution is 2.43. The second-order valence-electron chi connectivity index (χ2n) is 9.75. The Balaban J connectivity index is 2.20. The summed E-state index contributed by atoms with van der Waals surface area (Å²) in [5.41, 5.74) is 1.68. The van der Waals surface area contributed by atoms with Crippen LogP contribution in [0.2, 0.25) is 0 Å². The molecule has 0 radical (unpaired) electrons. The molecule has 218 valence electrons. The molecule has 3 nitrogen and oxygen atoms in total. The molecule has 0 bridgehead atoms. The summed E-state index contributed by atoms with van der Waals surface area (Å²) in [5, 5.41) is -3.17. The molecule has 0 spiro atoms. The van der Waals surface area contributed by atoms with Crippen molar-refractivity contribution in [2.24, 2.45) is 0 Å². The smallest absolute Gasteiger partial charge is 0.302 e. The first-order chi connectivity index (χ1) is 18.1. The van der Waals surface area contributed by atoms with Gasteiger partial charge in [0, 0.05) is 17.0 Å². The Labute approximate surface area is 237 Å². The maximum absolute atomic E-state index is 13.5. The van der Waals surface area contributed by atoms with Crippen molar-refractivity contribution < 1.29 is 27.2 Å². The van der Waals surface area contributed by atoms with Crippen molar-refractivity contribution in [2.75, 3.05) is 24.3 Å². The molecule has 0 fully saturated rings. The third kappa shape index (κ3) is 13.6. The van der Waals surface area contributed by atoms with Crippen LogP contribution >= 0.6 is 32.8 Å². The lowest BCUT2D eigenvalue weighted by atomic mass is 10.1. The number of carbonyl (C=O) groups excluding carboxylic acids is 2. The van der Waals surface area contributed by atoms with E-state index in [1.54, 1.807) is 23.5 Å². The summed E-state index contributed by atoms with van der Waals surface area (Å²) >= 11 is 3.37. The third-order valence-electron chi connectivity index (χ3n) is 6.50. The van der Waals surface area contributed by atoms with E-state index in [0.29, 0.717) is 17.9 Å². The molecule has 0 aliphatic heterocycles. The Morgan fingerprint density at radius 2 is 1.55 bits per heavy atom. The van der Waals surface area contributed by atoms with Crippen LogP contribution in [0.25, 0.3) is 0 Å². The molecule has 1 rings (SSSR count). The zero-order valence-corrected chi connectivity index (χ0v) is 25.5. The van der Waals surface area contributed by atoms with Gasteiger partial charge in [-0.1, -0.05) is 66.8 Å². The maximum atomic E-state index is 13.5. The summed E-state index contributed by atoms with van der Waals surface area (Å²) in [7, 11) is 3.23. The van der Waals surface area contributed by atoms with Crippen molar-refractivity contribution in [2.45, 2.75) is 107 Å². The number of alkyl halides is 4. The second kappa shape index (κ2) is 19.4. The minimum absolute atomic E-state index is 0.147. The predicted octanol–water partition coefficient (Wildman–Crippen LogP) is 8.74. The van der Waals surface area contributed by atoms with E-state index in [-0.39, 0.29) is 12.5 Å². The largest absolute Gasteiger partial charge is 0.425 e. The number of unbranched alkanes of at least 4 members (excludes halogenated alkanes) is 6. The summed E-state index contributed by atoms with van der Waals surface area (Å²) < 4.78 is 50.9. The van der Waals surface area contributed by atoms with Crippen LogP contribution in [0, 0.1) is 0 Å². The van der Waals surface area contributed by atoms with Gasteiger partial charge in [0.2, 0.25) is 5.41 Å². The third-order valence-corrected chi connectivity index (χ3v) is 9.46. The van der Waals surface area contributed by atoms with Crippen LogP contribution in [0.3, 0.4) is 0 Å². The van der Waals surface area contributed by atoms with Gasteiger partial charge in [0.1, 0.15) is 12.6 Å². The number of aldehydes is 2. The molecule has 0 aliphatic carbocycles. The molecule has 0 saturated heterocycles. The molecule has 0 saturated carbocycles. The molecular weight excluding hydrogens is 553 g/mol. The molecular formula is C28H44F4NO2PS2. The minimum Gasteiger partial charge on any atom is -0.302 e. The summed E-state index contributed by atoms with van der Waals surface area (Å²) in [5.74, 6) is 2.44. The summed E-state index contributed by atoms with van der Waals surface area (Å²) in [4.78, 5) is 26.2. The van der Waals surface area contributed by atoms with Crippen molar-refractivity contribution in [3.05, 3.63) is 29.3 Å². The predicted molar refractivity (Wildman–Crippen MR) is 157 cm³/mol. The molecule has 0 heterocycles. The standard InChI is InChI=1S/C28H44F4NO2PS2/c1-3-13-24(22-35)33(2)20-25-23(21-34)14-11-15-26(25)38-19-10-8-6-4-5-7-9-17-37-18-12-16-27(29,36)28(30,31)32/h11,14-15,21-22,24H,3-10,12-13,16-20,36H2,1-2H3. The van der Waals surface area contributed by atoms with E-state index in [0.717, 1.165) is 79.5 Å². The van der Waals surface area contributed by atoms with Crippen LogP contribution in [0.15, 0.2) is 23.1 Å². The lowest BCUT2D eigenvalue weighted by Gasteiger charge is -2.25. The fourth-order valence-corrected chi connectivity index (χ4v) is 6.36. The highest BCUT2D eigenvalue weighted by Gasteiger charge is 2.51. The Morgan fingerprint density at radius 1 is 0.947 bits per heavy atom. The Kier molecular flexibility index (Phi) is 18.1. The number of nitrogens with zero attached hydrogens (tertiary/aromatic N) is 1. The average Bonchev–Trinajstić information content (AvgIpc) is 2.87. The molecule has 3 unspecified atom stereocenters. The van der Waals surface area contributed by atoms with E-state index in [2.05, 4.69) is 13.0 Å². The van der Waals surface area contributed by atoms with E-state index < -0.39 is 18.0 Å². The normalized spacial score (nSPS) is 14.4. The van der Waals surface area contributed by atoms with Gasteiger partial charge in [-0.15, -0.1) is 11.8 Å². The number of benzene rings is 1. The Morgan fingerprint density at radius 3 is 2.13 bits per heavy atom. The number of rotatable bonds is 22. The first-order valence-corrected chi connectivity index (χ1v) is 16.3. The van der Waals surface area contributed by atoms with Crippen LogP contribution in [-0.2, 0) is 11.3 Å². The van der Waals surface area contributed by atoms with Gasteiger partial charge in [0.15, 0.2) is 0 Å². The van der Waals surface area contributed by atoms with Crippen LogP contribution in [0.5, 0.6) is 0 Å². The molecule has 1 aromatic rings. The molecule has 0 amide bonds. The van der Waals surface area contributed by atoms with Gasteiger partial charge in [0.05, 0.1) is 6.04 Å². The maximum Gasteiger partial charge on any atom is 0.425 e. The lowest BCUT2D eigenvalue weighted by molar-refractivity contribution is -0.197. The number of thioether (sulfide) groups is 2. The van der Waals surface area contributed by atoms with E-state index in [9.17, 15) is 27.2 Å². The van der Waals surface area contributed by atoms with Crippen molar-refractivity contribution in [1.82, 2.24) is 4.90 Å². The second-order valence-corrected chi connectivity index (χ2v) is 13.0. The monoisotopic (exact) mass is 597 g/mol. The van der Waals surface area contributed by atoms with Crippen molar-refractivity contribution in [1.29, 1.82) is 0 Å². The van der Waals surface area contributed by atoms with Gasteiger partial charge in [-0.3, -0.25) is 9.69 Å². The number of likely N-dealkylation sites (N-methyl/N-ethyl adjacent to an activating group) is 1. The van der Waals surface area contributed by atoms with Crippen LogP contribution in [0.4, 0.5) is 17.6 Å². The number of halogens is 4. The summed E-state index contributed by atoms with van der Waals surface area (Å²) in [6, 6.07) is 5.66. The topological polar surface area (TPSA) is 37.4 Å². The highest BCUT2D eigenvalue weighted by molar-refractivity contribution is 7.99. The molecule has 3 atom stereocenters. The fraction of sp³-hybridized carbons (Fsp3) is 0.714. The van der Waals surface area contributed by atoms with Gasteiger partial charge in [0.25, 0.3) is 0 Å². The summed E-state index contributed by atoms with van der Waals surface area (Å²) in [6.07, 6.45) is 6.37. The minimum atomic E-state index is -4.82. The number of hydrogen-bond acceptors (Lipinski definition) is 5. The molecule has 0 aliphatic rings. The van der Waals surface area contributed by atoms with Gasteiger partial charge in [-0.25, -0.2) is 4.39 Å². The van der Waals surface area contributed by atoms with Gasteiger partial charge in [-0.05, 0) is 68.0 Å². The van der Waals surface area contributed by atoms with Crippen molar-refractivity contribution in [3.63, 3.8) is 0 Å². The molecule has 0 N–H and O–H groups in total. The average molecular weight is 598 g/mol. The Bertz CT molecular complexity index is 812. The Hall–Kier alpha value is -0.630. The zero-order chi connectivity index (χ0) is 28.4. The lowest BCUT2D eigenvalue weighted by Crippen LogP contribution is -2.34. The number of hydrogen-bond donors (Lipinski definition) is 0. The molecule has 1 aromatic carbocycles. The molecule has 38 heavy (non-hydrogen) atoms. The van der Waals surface area contributed by atoms with E-state index in [1.165, 1.54) is 22.1 Å². The van der Waals surface area contributed by atoms with Gasteiger partial charge >= 0.3 is 6.18 Å². The van der Waals surface area contributed by atoms with Gasteiger partial charge in [-0.2, -0.15) is 24.9 Å². The molecule has 0 aromatic heterocycles. The first-order valence-electron chi connectivity index (χ1n) is 13.5. The van der Waals surface area contributed by atoms with E-state index >= 15 is 0 Å². The van der Waals surface area contributed by atoms with Crippen molar-refractivity contribution >= 4 is 45.3 Å². The highest BCUT2D eigenvalue weighted by atomic mass is 32.2. The summed E-state index contributed by atoms with van der Waals surface area (Å²) in [6.45, 7) is 2.63. The fourth-order valence-electron chi connectivity index (χ4n) is 4.10. The quantitative estimate of drug-likeness (QED) is 0.0439.